The Morgan fingerprint density at radius 1 is 0.672 bits per heavy atom. The van der Waals surface area contributed by atoms with Crippen molar-refractivity contribution >= 4 is 6.29 Å². The number of carbonyl (C=O) groups is 1. The summed E-state index contributed by atoms with van der Waals surface area (Å²) in [6.45, 7) is -0.277. The van der Waals surface area contributed by atoms with Gasteiger partial charge in [0.15, 0.2) is 44.0 Å². The van der Waals surface area contributed by atoms with Crippen LogP contribution in [0, 0.1) is 17.8 Å². The van der Waals surface area contributed by atoms with Crippen molar-refractivity contribution in [1.29, 1.82) is 0 Å². The van der Waals surface area contributed by atoms with E-state index in [0.29, 0.717) is 11.9 Å². The highest BCUT2D eigenvalue weighted by molar-refractivity contribution is 5.76. The Morgan fingerprint density at radius 2 is 1.21 bits per heavy atom. The monoisotopic (exact) mass is 872 g/mol. The van der Waals surface area contributed by atoms with Crippen LogP contribution < -0.4 is 0 Å². The van der Waals surface area contributed by atoms with E-state index in [4.69, 9.17) is 52.1 Å². The minimum absolute atomic E-state index is 0.0337. The zero-order valence-electron chi connectivity index (χ0n) is 32.6. The molecule has 0 radical (unpaired) electrons. The normalized spacial score (nSPS) is 50.1. The largest absolute Gasteiger partial charge is 0.472 e. The molecule has 0 unspecified atom stereocenters. The summed E-state index contributed by atoms with van der Waals surface area (Å²) in [4.78, 5) is 11.6. The second-order valence-electron chi connectivity index (χ2n) is 16.3. The fraction of sp³-hybridized carbons (Fsp3) is 0.718. The molecule has 22 atom stereocenters. The van der Waals surface area contributed by atoms with Gasteiger partial charge in [0.25, 0.3) is 0 Å². The van der Waals surface area contributed by atoms with Gasteiger partial charge in [-0.1, -0.05) is 6.08 Å². The topological polar surface area (TPSA) is 321 Å². The quantitative estimate of drug-likeness (QED) is 0.0586. The molecule has 3 fully saturated rings. The van der Waals surface area contributed by atoms with Crippen LogP contribution in [0.4, 0.5) is 0 Å². The van der Waals surface area contributed by atoms with Gasteiger partial charge in [-0.3, -0.25) is 4.79 Å². The highest BCUT2D eigenvalue weighted by atomic mass is 16.8. The summed E-state index contributed by atoms with van der Waals surface area (Å²) in [5.41, 5.74) is -2.94. The van der Waals surface area contributed by atoms with Crippen LogP contribution in [-0.2, 0) is 56.9 Å². The lowest BCUT2D eigenvalue weighted by Gasteiger charge is -2.46. The van der Waals surface area contributed by atoms with E-state index in [1.54, 1.807) is 6.08 Å². The molecule has 0 aromatic heterocycles. The molecular formula is C39H52O22. The van der Waals surface area contributed by atoms with Gasteiger partial charge in [-0.05, 0) is 55.7 Å². The Balaban J connectivity index is 0.808. The Kier molecular flexibility index (Phi) is 13.2. The third kappa shape index (κ3) is 8.50. The molecule has 0 spiro atoms. The summed E-state index contributed by atoms with van der Waals surface area (Å²) < 4.78 is 63.4. The highest BCUT2D eigenvalue weighted by Gasteiger charge is 2.63. The first-order chi connectivity index (χ1) is 29.2. The van der Waals surface area contributed by atoms with Crippen molar-refractivity contribution in [2.45, 2.75) is 136 Å². The lowest BCUT2D eigenvalue weighted by molar-refractivity contribution is -0.365. The molecule has 340 valence electrons. The molecule has 22 heteroatoms. The molecule has 0 aromatic rings. The van der Waals surface area contributed by atoms with E-state index in [9.17, 15) is 55.9 Å². The molecule has 2 saturated heterocycles. The number of aldehydes is 1. The molecule has 6 aliphatic heterocycles. The van der Waals surface area contributed by atoms with E-state index < -0.39 is 147 Å². The van der Waals surface area contributed by atoms with E-state index >= 15 is 0 Å². The lowest BCUT2D eigenvalue weighted by atomic mass is 9.78. The Labute approximate surface area is 347 Å². The third-order valence-corrected chi connectivity index (χ3v) is 12.5. The average molecular weight is 873 g/mol. The van der Waals surface area contributed by atoms with E-state index in [0.717, 1.165) is 6.26 Å². The molecule has 2 aliphatic carbocycles. The Morgan fingerprint density at radius 3 is 1.74 bits per heavy atom. The summed E-state index contributed by atoms with van der Waals surface area (Å²) in [5.74, 6) is -2.22. The third-order valence-electron chi connectivity index (χ3n) is 12.5. The van der Waals surface area contributed by atoms with E-state index in [1.807, 2.05) is 0 Å². The first-order valence-corrected chi connectivity index (χ1v) is 20.0. The number of hydrogen-bond acceptors (Lipinski definition) is 22. The van der Waals surface area contributed by atoms with Gasteiger partial charge < -0.3 is 103 Å². The highest BCUT2D eigenvalue weighted by Crippen LogP contribution is 2.52. The summed E-state index contributed by atoms with van der Waals surface area (Å²) in [6.07, 6.45) is -11.2. The van der Waals surface area contributed by atoms with Crippen LogP contribution in [-0.4, -0.2) is 194 Å². The van der Waals surface area contributed by atoms with Crippen molar-refractivity contribution < 1.29 is 108 Å². The van der Waals surface area contributed by atoms with Gasteiger partial charge in [0.2, 0.25) is 12.6 Å². The van der Waals surface area contributed by atoms with Gasteiger partial charge in [0.05, 0.1) is 61.5 Å². The maximum absolute atomic E-state index is 11.6. The van der Waals surface area contributed by atoms with Crippen molar-refractivity contribution in [3.05, 3.63) is 60.1 Å². The zero-order valence-corrected chi connectivity index (χ0v) is 32.6. The van der Waals surface area contributed by atoms with Gasteiger partial charge >= 0.3 is 0 Å². The van der Waals surface area contributed by atoms with Crippen molar-refractivity contribution in [2.24, 2.45) is 17.8 Å². The van der Waals surface area contributed by atoms with E-state index in [2.05, 4.69) is 0 Å². The SMILES string of the molecule is C[C@]1(O)CC[C@]2(O)C(C=O)=CO[C@@H](O[C@H]3O[C@@H](CO)[C@H](O[C@@H]4C=C[C@@H](O[C@@H]5C=C[C@@H](O[C@H]6[C@H](O)[C@@H](O)[C@H](O[C@H]7OC=C[C@H]8[C@@H]7C(CO)=C[C@@H]8O)O[C@@H]6CO)O5)O4)[C@@H](O)[C@@H]3O)[C@H]12. The Hall–Kier alpha value is -2.79. The Bertz CT molecular complexity index is 1710. The summed E-state index contributed by atoms with van der Waals surface area (Å²) in [5, 5.41) is 107. The number of aliphatic hydroxyl groups is 10. The first-order valence-electron chi connectivity index (χ1n) is 20.0. The fourth-order valence-corrected chi connectivity index (χ4v) is 9.23. The summed E-state index contributed by atoms with van der Waals surface area (Å²) >= 11 is 0. The van der Waals surface area contributed by atoms with Crippen molar-refractivity contribution in [2.75, 3.05) is 19.8 Å². The van der Waals surface area contributed by atoms with Gasteiger partial charge in [-0.15, -0.1) is 0 Å². The molecule has 0 bridgehead atoms. The second kappa shape index (κ2) is 18.0. The second-order valence-corrected chi connectivity index (χ2v) is 16.3. The minimum Gasteiger partial charge on any atom is -0.472 e. The molecule has 8 rings (SSSR count). The molecule has 61 heavy (non-hydrogen) atoms. The van der Waals surface area contributed by atoms with E-state index in [-0.39, 0.29) is 25.0 Å². The molecule has 10 N–H and O–H groups in total. The van der Waals surface area contributed by atoms with Crippen LogP contribution in [0.2, 0.25) is 0 Å². The summed E-state index contributed by atoms with van der Waals surface area (Å²) in [7, 11) is 0. The van der Waals surface area contributed by atoms with Crippen LogP contribution in [0.1, 0.15) is 19.8 Å². The van der Waals surface area contributed by atoms with Gasteiger partial charge in [0.1, 0.15) is 54.4 Å². The van der Waals surface area contributed by atoms with E-state index in [1.165, 1.54) is 43.6 Å². The van der Waals surface area contributed by atoms with Crippen LogP contribution in [0.5, 0.6) is 0 Å². The summed E-state index contributed by atoms with van der Waals surface area (Å²) in [6, 6.07) is 0. The number of carbonyl (C=O) groups excluding carboxylic acids is 1. The molecular weight excluding hydrogens is 820 g/mol. The van der Waals surface area contributed by atoms with Crippen molar-refractivity contribution in [1.82, 2.24) is 0 Å². The predicted octanol–water partition coefficient (Wildman–Crippen LogP) is -4.11. The first kappa shape index (κ1) is 44.8. The van der Waals surface area contributed by atoms with Gasteiger partial charge in [-0.25, -0.2) is 0 Å². The predicted molar refractivity (Wildman–Crippen MR) is 194 cm³/mol. The number of rotatable bonds is 14. The van der Waals surface area contributed by atoms with Gasteiger partial charge in [-0.2, -0.15) is 0 Å². The minimum atomic E-state index is -1.78. The molecule has 0 amide bonds. The zero-order chi connectivity index (χ0) is 43.4. The number of aliphatic hydroxyl groups excluding tert-OH is 8. The fourth-order valence-electron chi connectivity index (χ4n) is 9.23. The van der Waals surface area contributed by atoms with Crippen molar-refractivity contribution in [3.63, 3.8) is 0 Å². The van der Waals surface area contributed by atoms with Gasteiger partial charge in [0, 0.05) is 5.92 Å². The van der Waals surface area contributed by atoms with Crippen LogP contribution >= 0.6 is 0 Å². The molecule has 0 aromatic carbocycles. The van der Waals surface area contributed by atoms with Crippen LogP contribution in [0.3, 0.4) is 0 Å². The maximum atomic E-state index is 11.6. The maximum Gasteiger partial charge on any atom is 0.210 e. The standard InChI is InChI=1S/C39H52O22/c1-38(49)7-8-39(50)17(12-41)15-52-37(33(38)39)61-36-30(48)28(46)32(21(14-43)54-36)59-25-5-3-23(57-25)55-22-2-4-24(56-22)58-31-20(13-42)53-35(29(47)27(31)45)60-34-26-16(11-40)10-19(44)18(26)6-9-51-34/h2-6,9-10,12,15,18-37,40,42-50H,7-8,11,13-14H2,1H3/t18-,19+,20-,21+,22+,23+,24-,25-,26+,27-,28+,29-,30+,31-,32+,33-,34-,35+,36-,37+,38+,39+/m1/s1. The molecule has 1 saturated carbocycles. The smallest absolute Gasteiger partial charge is 0.210 e. The lowest BCUT2D eigenvalue weighted by Crippen LogP contribution is -2.63. The average Bonchev–Trinajstić information content (AvgIpc) is 4.03. The number of ether oxygens (including phenoxy) is 11. The molecule has 8 aliphatic rings. The van der Waals surface area contributed by atoms with Crippen LogP contribution in [0.15, 0.2) is 60.1 Å². The van der Waals surface area contributed by atoms with Crippen molar-refractivity contribution in [3.8, 4) is 0 Å². The number of fused-ring (bicyclic) bond motifs is 2. The molecule has 6 heterocycles. The molecule has 22 nitrogen and oxygen atoms in total. The number of hydrogen-bond donors (Lipinski definition) is 10. The van der Waals surface area contributed by atoms with Crippen LogP contribution in [0.25, 0.3) is 0 Å².